The highest BCUT2D eigenvalue weighted by atomic mass is 16.5. The van der Waals surface area contributed by atoms with E-state index in [0.29, 0.717) is 16.9 Å². The number of hydrogen-bond acceptors (Lipinski definition) is 6. The monoisotopic (exact) mass is 365 g/mol. The van der Waals surface area contributed by atoms with Crippen LogP contribution in [0, 0.1) is 0 Å². The Morgan fingerprint density at radius 2 is 1.96 bits per heavy atom. The SMILES string of the molecule is COCc1nn2c(nnc3c(=O)n(CC(=O)O)ccc32)c1-c1ccccc1. The molecule has 9 nitrogen and oxygen atoms in total. The summed E-state index contributed by atoms with van der Waals surface area (Å²) in [7, 11) is 1.58. The number of rotatable bonds is 5. The van der Waals surface area contributed by atoms with Crippen LogP contribution in [-0.4, -0.2) is 42.6 Å². The van der Waals surface area contributed by atoms with E-state index in [1.54, 1.807) is 17.7 Å². The number of ether oxygens (including phenoxy) is 1. The summed E-state index contributed by atoms with van der Waals surface area (Å²) in [6.45, 7) is -0.178. The Bertz CT molecular complexity index is 1210. The number of aromatic nitrogens is 5. The second-order valence-corrected chi connectivity index (χ2v) is 5.93. The first-order valence-corrected chi connectivity index (χ1v) is 8.13. The minimum Gasteiger partial charge on any atom is -0.480 e. The van der Waals surface area contributed by atoms with Crippen molar-refractivity contribution in [2.24, 2.45) is 0 Å². The molecule has 4 aromatic rings. The number of methoxy groups -OCH3 is 1. The highest BCUT2D eigenvalue weighted by Gasteiger charge is 2.19. The minimum absolute atomic E-state index is 0.0531. The lowest BCUT2D eigenvalue weighted by Crippen LogP contribution is -2.25. The Balaban J connectivity index is 2.02. The second-order valence-electron chi connectivity index (χ2n) is 5.93. The molecule has 0 fully saturated rings. The largest absolute Gasteiger partial charge is 0.480 e. The Morgan fingerprint density at radius 3 is 2.67 bits per heavy atom. The van der Waals surface area contributed by atoms with Gasteiger partial charge in [-0.05, 0) is 11.6 Å². The van der Waals surface area contributed by atoms with Crippen LogP contribution in [0.1, 0.15) is 5.69 Å². The first kappa shape index (κ1) is 16.9. The molecule has 136 valence electrons. The van der Waals surface area contributed by atoms with Crippen molar-refractivity contribution in [3.8, 4) is 11.1 Å². The molecular weight excluding hydrogens is 350 g/mol. The van der Waals surface area contributed by atoms with Gasteiger partial charge in [0.25, 0.3) is 5.56 Å². The van der Waals surface area contributed by atoms with Gasteiger partial charge in [-0.1, -0.05) is 30.3 Å². The first-order valence-electron chi connectivity index (χ1n) is 8.13. The normalized spacial score (nSPS) is 11.3. The number of pyridine rings is 1. The third-order valence-corrected chi connectivity index (χ3v) is 4.17. The van der Waals surface area contributed by atoms with E-state index in [9.17, 15) is 9.59 Å². The zero-order valence-corrected chi connectivity index (χ0v) is 14.4. The van der Waals surface area contributed by atoms with E-state index in [1.165, 1.54) is 6.20 Å². The fraction of sp³-hybridized carbons (Fsp3) is 0.167. The number of benzene rings is 1. The molecule has 4 rings (SSSR count). The van der Waals surface area contributed by atoms with Crippen LogP contribution in [-0.2, 0) is 22.7 Å². The molecular formula is C18H15N5O4. The third kappa shape index (κ3) is 2.83. The van der Waals surface area contributed by atoms with Crippen molar-refractivity contribution < 1.29 is 14.6 Å². The average molecular weight is 365 g/mol. The van der Waals surface area contributed by atoms with Crippen LogP contribution >= 0.6 is 0 Å². The van der Waals surface area contributed by atoms with Gasteiger partial charge in [0.15, 0.2) is 11.2 Å². The Hall–Kier alpha value is -3.59. The fourth-order valence-electron chi connectivity index (χ4n) is 3.04. The molecule has 1 N–H and O–H groups in total. The van der Waals surface area contributed by atoms with Crippen LogP contribution in [0.25, 0.3) is 27.8 Å². The molecule has 3 aromatic heterocycles. The molecule has 0 radical (unpaired) electrons. The topological polar surface area (TPSA) is 112 Å². The maximum Gasteiger partial charge on any atom is 0.323 e. The van der Waals surface area contributed by atoms with Crippen molar-refractivity contribution >= 4 is 22.6 Å². The lowest BCUT2D eigenvalue weighted by molar-refractivity contribution is -0.137. The molecule has 0 bridgehead atoms. The van der Waals surface area contributed by atoms with E-state index in [-0.39, 0.29) is 12.1 Å². The number of carbonyl (C=O) groups is 1. The van der Waals surface area contributed by atoms with E-state index < -0.39 is 18.1 Å². The number of nitrogens with zero attached hydrogens (tertiary/aromatic N) is 5. The van der Waals surface area contributed by atoms with E-state index in [2.05, 4.69) is 15.3 Å². The number of fused-ring (bicyclic) bond motifs is 3. The van der Waals surface area contributed by atoms with Crippen LogP contribution in [0.4, 0.5) is 0 Å². The average Bonchev–Trinajstić information content (AvgIpc) is 3.03. The zero-order valence-electron chi connectivity index (χ0n) is 14.4. The van der Waals surface area contributed by atoms with Gasteiger partial charge in [-0.2, -0.15) is 5.10 Å². The Kier molecular flexibility index (Phi) is 4.13. The third-order valence-electron chi connectivity index (χ3n) is 4.17. The summed E-state index contributed by atoms with van der Waals surface area (Å²) in [5.74, 6) is -1.11. The molecule has 0 aliphatic rings. The van der Waals surface area contributed by atoms with Gasteiger partial charge < -0.3 is 14.4 Å². The molecule has 0 aliphatic carbocycles. The molecule has 3 heterocycles. The van der Waals surface area contributed by atoms with Crippen molar-refractivity contribution in [2.45, 2.75) is 13.2 Å². The summed E-state index contributed by atoms with van der Waals surface area (Å²) in [5, 5.41) is 21.8. The molecule has 1 aromatic carbocycles. The van der Waals surface area contributed by atoms with Gasteiger partial charge in [-0.15, -0.1) is 10.2 Å². The van der Waals surface area contributed by atoms with Crippen LogP contribution in [0.2, 0.25) is 0 Å². The summed E-state index contributed by atoms with van der Waals surface area (Å²) >= 11 is 0. The first-order chi connectivity index (χ1) is 13.1. The number of carboxylic acid groups (broad SMARTS) is 1. The van der Waals surface area contributed by atoms with Gasteiger partial charge >= 0.3 is 5.97 Å². The Labute approximate surface area is 152 Å². The van der Waals surface area contributed by atoms with Crippen molar-refractivity contribution in [2.75, 3.05) is 7.11 Å². The summed E-state index contributed by atoms with van der Waals surface area (Å²) in [6, 6.07) is 11.2. The maximum atomic E-state index is 12.5. The van der Waals surface area contributed by atoms with Crippen molar-refractivity contribution in [1.82, 2.24) is 24.4 Å². The number of aliphatic carboxylic acids is 1. The molecule has 0 saturated carbocycles. The predicted molar refractivity (Wildman–Crippen MR) is 96.3 cm³/mol. The lowest BCUT2D eigenvalue weighted by atomic mass is 10.1. The van der Waals surface area contributed by atoms with E-state index in [0.717, 1.165) is 15.7 Å². The van der Waals surface area contributed by atoms with Crippen LogP contribution in [0.15, 0.2) is 47.4 Å². The number of hydrogen-bond donors (Lipinski definition) is 1. The molecule has 0 spiro atoms. The van der Waals surface area contributed by atoms with Gasteiger partial charge in [0.2, 0.25) is 0 Å². The molecule has 9 heteroatoms. The van der Waals surface area contributed by atoms with Gasteiger partial charge in [0.05, 0.1) is 17.9 Å². The molecule has 0 amide bonds. The van der Waals surface area contributed by atoms with Crippen molar-refractivity contribution in [1.29, 1.82) is 0 Å². The quantitative estimate of drug-likeness (QED) is 0.568. The summed E-state index contributed by atoms with van der Waals surface area (Å²) in [6.07, 6.45) is 1.42. The van der Waals surface area contributed by atoms with Gasteiger partial charge in [-0.3, -0.25) is 9.59 Å². The Morgan fingerprint density at radius 1 is 1.19 bits per heavy atom. The van der Waals surface area contributed by atoms with E-state index in [4.69, 9.17) is 9.84 Å². The standard InChI is InChI=1S/C18H15N5O4/c1-27-10-12-15(11-5-3-2-4-6-11)17-20-19-16-13(23(17)21-12)7-8-22(18(16)26)9-14(24)25/h2-8H,9-10H2,1H3,(H,24,25). The predicted octanol–water partition coefficient (Wildman–Crippen LogP) is 1.34. The summed E-state index contributed by atoms with van der Waals surface area (Å²) < 4.78 is 7.88. The van der Waals surface area contributed by atoms with Crippen LogP contribution in [0.5, 0.6) is 0 Å². The zero-order chi connectivity index (χ0) is 19.0. The number of carboxylic acids is 1. The van der Waals surface area contributed by atoms with Crippen LogP contribution in [0.3, 0.4) is 0 Å². The van der Waals surface area contributed by atoms with Crippen molar-refractivity contribution in [3.05, 3.63) is 58.6 Å². The molecule has 0 unspecified atom stereocenters. The molecule has 0 atom stereocenters. The summed E-state index contributed by atoms with van der Waals surface area (Å²) in [4.78, 5) is 23.4. The van der Waals surface area contributed by atoms with Gasteiger partial charge in [0, 0.05) is 13.3 Å². The highest BCUT2D eigenvalue weighted by molar-refractivity contribution is 5.84. The van der Waals surface area contributed by atoms with Crippen molar-refractivity contribution in [3.63, 3.8) is 0 Å². The maximum absolute atomic E-state index is 12.5. The lowest BCUT2D eigenvalue weighted by Gasteiger charge is -2.05. The molecule has 0 aliphatic heterocycles. The minimum atomic E-state index is -1.11. The van der Waals surface area contributed by atoms with E-state index >= 15 is 0 Å². The molecule has 0 saturated heterocycles. The van der Waals surface area contributed by atoms with Gasteiger partial charge in [-0.25, -0.2) is 4.52 Å². The van der Waals surface area contributed by atoms with E-state index in [1.807, 2.05) is 30.3 Å². The van der Waals surface area contributed by atoms with Crippen LogP contribution < -0.4 is 5.56 Å². The smallest absolute Gasteiger partial charge is 0.323 e. The fourth-order valence-corrected chi connectivity index (χ4v) is 3.04. The highest BCUT2D eigenvalue weighted by Crippen LogP contribution is 2.28. The molecule has 27 heavy (non-hydrogen) atoms. The second kappa shape index (κ2) is 6.61. The van der Waals surface area contributed by atoms with Gasteiger partial charge in [0.1, 0.15) is 12.1 Å². The summed E-state index contributed by atoms with van der Waals surface area (Å²) in [5.41, 5.74) is 2.82.